The van der Waals surface area contributed by atoms with Gasteiger partial charge >= 0.3 is 5.97 Å². The van der Waals surface area contributed by atoms with E-state index in [0.717, 1.165) is 0 Å². The molecule has 0 saturated heterocycles. The van der Waals surface area contributed by atoms with Crippen molar-refractivity contribution < 1.29 is 29.4 Å². The molecular weight excluding hydrogens is 488 g/mol. The van der Waals surface area contributed by atoms with Crippen LogP contribution >= 0.6 is 0 Å². The molecule has 0 aromatic carbocycles. The highest BCUT2D eigenvalue weighted by Gasteiger charge is 2.31. The first kappa shape index (κ1) is 33.3. The third kappa shape index (κ3) is 13.9. The number of nitrogens with zero attached hydrogens (tertiary/aromatic N) is 2. The van der Waals surface area contributed by atoms with Crippen molar-refractivity contribution >= 4 is 35.6 Å². The lowest BCUT2D eigenvalue weighted by molar-refractivity contribution is -0.145. The van der Waals surface area contributed by atoms with Gasteiger partial charge in [0, 0.05) is 13.1 Å². The average Bonchev–Trinajstić information content (AvgIpc) is 2.79. The summed E-state index contributed by atoms with van der Waals surface area (Å²) < 4.78 is 0. The lowest BCUT2D eigenvalue weighted by atomic mass is 10.0. The number of carboxylic acid groups (broad SMARTS) is 1. The number of aliphatic imine (C=N–C) groups is 2. The van der Waals surface area contributed by atoms with Crippen molar-refractivity contribution in [3.8, 4) is 0 Å². The maximum Gasteiger partial charge on any atom is 0.328 e. The Labute approximate surface area is 215 Å². The number of hydrogen-bond donors (Lipinski definition) is 10. The number of carbonyl (C=O) groups excluding carboxylic acids is 3. The molecule has 212 valence electrons. The Morgan fingerprint density at radius 2 is 1.16 bits per heavy atom. The van der Waals surface area contributed by atoms with Crippen molar-refractivity contribution in [2.75, 3.05) is 13.1 Å². The molecular formula is C21H42N10O6. The fraction of sp³-hybridized carbons (Fsp3) is 0.714. The van der Waals surface area contributed by atoms with E-state index in [1.54, 1.807) is 13.8 Å². The average molecular weight is 531 g/mol. The first-order valence-corrected chi connectivity index (χ1v) is 11.9. The molecule has 15 N–H and O–H groups in total. The summed E-state index contributed by atoms with van der Waals surface area (Å²) in [4.78, 5) is 57.6. The number of amides is 3. The van der Waals surface area contributed by atoms with Crippen LogP contribution in [0.15, 0.2) is 9.98 Å². The third-order valence-corrected chi connectivity index (χ3v) is 5.22. The van der Waals surface area contributed by atoms with Crippen molar-refractivity contribution in [3.05, 3.63) is 0 Å². The van der Waals surface area contributed by atoms with Gasteiger partial charge in [0.2, 0.25) is 17.7 Å². The highest BCUT2D eigenvalue weighted by Crippen LogP contribution is 2.06. The van der Waals surface area contributed by atoms with Crippen LogP contribution in [-0.2, 0) is 19.2 Å². The summed E-state index contributed by atoms with van der Waals surface area (Å²) in [5.41, 5.74) is 27.1. The SMILES string of the molecule is CC(C)C(N)C(=O)NC(CCCN=C(N)N)C(=O)NC(CCCN=C(N)N)C(=O)NC(C(=O)O)C(C)O. The Balaban J connectivity index is 5.73. The number of carbonyl (C=O) groups is 4. The van der Waals surface area contributed by atoms with Gasteiger partial charge in [0.15, 0.2) is 18.0 Å². The van der Waals surface area contributed by atoms with Crippen molar-refractivity contribution in [2.45, 2.75) is 76.7 Å². The molecule has 16 heteroatoms. The second kappa shape index (κ2) is 16.9. The van der Waals surface area contributed by atoms with Gasteiger partial charge in [-0.1, -0.05) is 13.8 Å². The number of aliphatic hydroxyl groups excluding tert-OH is 1. The Morgan fingerprint density at radius 1 is 0.757 bits per heavy atom. The fourth-order valence-corrected chi connectivity index (χ4v) is 3.03. The van der Waals surface area contributed by atoms with Crippen LogP contribution in [0.5, 0.6) is 0 Å². The van der Waals surface area contributed by atoms with Crippen molar-refractivity contribution in [2.24, 2.45) is 44.6 Å². The Kier molecular flexibility index (Phi) is 15.2. The van der Waals surface area contributed by atoms with Gasteiger partial charge in [-0.3, -0.25) is 24.4 Å². The minimum absolute atomic E-state index is 0.0284. The van der Waals surface area contributed by atoms with Gasteiger partial charge in [-0.25, -0.2) is 4.79 Å². The molecule has 16 nitrogen and oxygen atoms in total. The molecule has 37 heavy (non-hydrogen) atoms. The minimum Gasteiger partial charge on any atom is -0.480 e. The lowest BCUT2D eigenvalue weighted by Gasteiger charge is -2.26. The maximum absolute atomic E-state index is 13.1. The van der Waals surface area contributed by atoms with E-state index in [-0.39, 0.29) is 50.2 Å². The zero-order chi connectivity index (χ0) is 28.7. The Hall–Kier alpha value is -3.66. The first-order chi connectivity index (χ1) is 17.2. The summed E-state index contributed by atoms with van der Waals surface area (Å²) in [5.74, 6) is -4.07. The number of aliphatic carboxylic acids is 1. The topological polar surface area (TPSA) is 300 Å². The molecule has 5 unspecified atom stereocenters. The normalized spacial score (nSPS) is 14.9. The van der Waals surface area contributed by atoms with E-state index in [2.05, 4.69) is 25.9 Å². The molecule has 0 aliphatic carbocycles. The predicted octanol–water partition coefficient (Wildman–Crippen LogP) is -4.00. The molecule has 0 aliphatic rings. The van der Waals surface area contributed by atoms with E-state index >= 15 is 0 Å². The first-order valence-electron chi connectivity index (χ1n) is 11.9. The minimum atomic E-state index is -1.61. The molecule has 0 bridgehead atoms. The van der Waals surface area contributed by atoms with Crippen LogP contribution in [0, 0.1) is 5.92 Å². The summed E-state index contributed by atoms with van der Waals surface area (Å²) in [6.07, 6.45) is -0.687. The Morgan fingerprint density at radius 3 is 1.51 bits per heavy atom. The number of carboxylic acids is 1. The zero-order valence-corrected chi connectivity index (χ0v) is 21.5. The van der Waals surface area contributed by atoms with Gasteiger partial charge in [0.05, 0.1) is 12.1 Å². The van der Waals surface area contributed by atoms with Gasteiger partial charge in [0.1, 0.15) is 12.1 Å². The van der Waals surface area contributed by atoms with E-state index in [1.165, 1.54) is 6.92 Å². The largest absolute Gasteiger partial charge is 0.480 e. The van der Waals surface area contributed by atoms with Crippen LogP contribution < -0.4 is 44.6 Å². The molecule has 0 spiro atoms. The molecule has 5 atom stereocenters. The van der Waals surface area contributed by atoms with Crippen LogP contribution in [0.25, 0.3) is 0 Å². The number of guanidine groups is 2. The zero-order valence-electron chi connectivity index (χ0n) is 21.5. The van der Waals surface area contributed by atoms with Gasteiger partial charge < -0.3 is 54.8 Å². The van der Waals surface area contributed by atoms with E-state index in [0.29, 0.717) is 6.42 Å². The lowest BCUT2D eigenvalue weighted by Crippen LogP contribution is -2.58. The molecule has 0 aromatic rings. The summed E-state index contributed by atoms with van der Waals surface area (Å²) in [6, 6.07) is -4.80. The van der Waals surface area contributed by atoms with Crippen LogP contribution in [0.2, 0.25) is 0 Å². The number of rotatable bonds is 17. The van der Waals surface area contributed by atoms with Crippen LogP contribution in [0.3, 0.4) is 0 Å². The quantitative estimate of drug-likeness (QED) is 0.0490. The molecule has 0 heterocycles. The second-order valence-electron chi connectivity index (χ2n) is 8.85. The molecule has 0 saturated carbocycles. The maximum atomic E-state index is 13.1. The Bertz CT molecular complexity index is 825. The predicted molar refractivity (Wildman–Crippen MR) is 138 cm³/mol. The van der Waals surface area contributed by atoms with Crippen molar-refractivity contribution in [3.63, 3.8) is 0 Å². The summed E-state index contributed by atoms with van der Waals surface area (Å²) >= 11 is 0. The van der Waals surface area contributed by atoms with E-state index in [1.807, 2.05) is 0 Å². The number of hydrogen-bond acceptors (Lipinski definition) is 8. The molecule has 0 fully saturated rings. The van der Waals surface area contributed by atoms with Crippen molar-refractivity contribution in [1.82, 2.24) is 16.0 Å². The smallest absolute Gasteiger partial charge is 0.328 e. The van der Waals surface area contributed by atoms with Gasteiger partial charge in [-0.2, -0.15) is 0 Å². The number of nitrogens with two attached hydrogens (primary N) is 5. The van der Waals surface area contributed by atoms with Crippen molar-refractivity contribution in [1.29, 1.82) is 0 Å². The van der Waals surface area contributed by atoms with Crippen LogP contribution in [0.4, 0.5) is 0 Å². The van der Waals surface area contributed by atoms with E-state index in [9.17, 15) is 29.4 Å². The third-order valence-electron chi connectivity index (χ3n) is 5.22. The highest BCUT2D eigenvalue weighted by atomic mass is 16.4. The highest BCUT2D eigenvalue weighted by molar-refractivity contribution is 5.94. The van der Waals surface area contributed by atoms with E-state index < -0.39 is 54.0 Å². The van der Waals surface area contributed by atoms with E-state index in [4.69, 9.17) is 28.7 Å². The number of aliphatic hydroxyl groups is 1. The standard InChI is InChI=1S/C21H42N10O6/c1-10(2)14(22)18(35)30-12(6-4-8-27-20(23)24)16(33)29-13(7-5-9-28-21(25)26)17(34)31-15(11(3)32)19(36)37/h10-15,32H,4-9,22H2,1-3H3,(H,29,33)(H,30,35)(H,31,34)(H,36,37)(H4,23,24,27)(H4,25,26,28). The van der Waals surface area contributed by atoms with Crippen LogP contribution in [-0.4, -0.2) is 89.2 Å². The van der Waals surface area contributed by atoms with Crippen LogP contribution in [0.1, 0.15) is 46.5 Å². The summed E-state index contributed by atoms with van der Waals surface area (Å²) in [5, 5.41) is 26.3. The summed E-state index contributed by atoms with van der Waals surface area (Å²) in [6.45, 7) is 5.02. The molecule has 0 radical (unpaired) electrons. The second-order valence-corrected chi connectivity index (χ2v) is 8.85. The van der Waals surface area contributed by atoms with Gasteiger partial charge in [-0.05, 0) is 38.5 Å². The molecule has 0 rings (SSSR count). The summed E-state index contributed by atoms with van der Waals surface area (Å²) in [7, 11) is 0. The molecule has 0 aliphatic heterocycles. The number of nitrogens with one attached hydrogen (secondary N) is 3. The van der Waals surface area contributed by atoms with Gasteiger partial charge in [0.25, 0.3) is 0 Å². The molecule has 3 amide bonds. The monoisotopic (exact) mass is 530 g/mol. The molecule has 0 aromatic heterocycles. The fourth-order valence-electron chi connectivity index (χ4n) is 3.03. The van der Waals surface area contributed by atoms with Gasteiger partial charge in [-0.15, -0.1) is 0 Å².